The summed E-state index contributed by atoms with van der Waals surface area (Å²) in [4.78, 5) is 0. The standard InChI is InChI=1S/C14H16/c1-11-4-2-5-13(10-11)14-8-3-6-12(14)7-9-14/h2,4-5,7,9-10,12H,3,6,8H2,1H3. The van der Waals surface area contributed by atoms with Gasteiger partial charge >= 0.3 is 0 Å². The van der Waals surface area contributed by atoms with Crippen LogP contribution in [-0.4, -0.2) is 0 Å². The Morgan fingerprint density at radius 3 is 2.93 bits per heavy atom. The van der Waals surface area contributed by atoms with Crippen LogP contribution in [0.15, 0.2) is 36.4 Å². The average molecular weight is 184 g/mol. The van der Waals surface area contributed by atoms with Gasteiger partial charge in [-0.2, -0.15) is 0 Å². The number of benzene rings is 1. The zero-order chi connectivity index (χ0) is 9.60. The Bertz CT molecular complexity index is 389. The quantitative estimate of drug-likeness (QED) is 0.585. The van der Waals surface area contributed by atoms with Crippen molar-refractivity contribution in [1.29, 1.82) is 0 Å². The number of hydrogen-bond acceptors (Lipinski definition) is 0. The average Bonchev–Trinajstić information content (AvgIpc) is 2.43. The summed E-state index contributed by atoms with van der Waals surface area (Å²) in [6.45, 7) is 2.19. The third-order valence-corrected chi connectivity index (χ3v) is 3.95. The minimum Gasteiger partial charge on any atom is -0.0833 e. The Labute approximate surface area is 85.6 Å². The molecule has 14 heavy (non-hydrogen) atoms. The molecule has 0 aliphatic heterocycles. The second-order valence-electron chi connectivity index (χ2n) is 4.77. The highest BCUT2D eigenvalue weighted by molar-refractivity contribution is 5.42. The monoisotopic (exact) mass is 184 g/mol. The van der Waals surface area contributed by atoms with E-state index in [1.165, 1.54) is 24.8 Å². The molecule has 0 bridgehead atoms. The number of rotatable bonds is 1. The number of aryl methyl sites for hydroxylation is 1. The first kappa shape index (κ1) is 8.28. The molecular formula is C14H16. The van der Waals surface area contributed by atoms with Gasteiger partial charge in [-0.15, -0.1) is 0 Å². The fraction of sp³-hybridized carbons (Fsp3) is 0.429. The van der Waals surface area contributed by atoms with Gasteiger partial charge in [0.2, 0.25) is 0 Å². The highest BCUT2D eigenvalue weighted by atomic mass is 14.5. The Morgan fingerprint density at radius 1 is 1.36 bits per heavy atom. The number of allylic oxidation sites excluding steroid dienone is 2. The van der Waals surface area contributed by atoms with Gasteiger partial charge in [-0.25, -0.2) is 0 Å². The minimum absolute atomic E-state index is 0.437. The summed E-state index contributed by atoms with van der Waals surface area (Å²) in [6.07, 6.45) is 8.97. The van der Waals surface area contributed by atoms with Gasteiger partial charge in [0.15, 0.2) is 0 Å². The molecule has 2 aliphatic rings. The molecule has 2 atom stereocenters. The summed E-state index contributed by atoms with van der Waals surface area (Å²) in [7, 11) is 0. The molecular weight excluding hydrogens is 168 g/mol. The van der Waals surface area contributed by atoms with Crippen LogP contribution >= 0.6 is 0 Å². The SMILES string of the molecule is Cc1cccc(C23C=CC2CCC3)c1. The highest BCUT2D eigenvalue weighted by Crippen LogP contribution is 2.53. The summed E-state index contributed by atoms with van der Waals surface area (Å²) >= 11 is 0. The summed E-state index contributed by atoms with van der Waals surface area (Å²) in [5, 5.41) is 0. The van der Waals surface area contributed by atoms with Gasteiger partial charge in [0.25, 0.3) is 0 Å². The van der Waals surface area contributed by atoms with E-state index in [-0.39, 0.29) is 0 Å². The zero-order valence-corrected chi connectivity index (χ0v) is 8.66. The molecule has 2 unspecified atom stereocenters. The topological polar surface area (TPSA) is 0 Å². The van der Waals surface area contributed by atoms with E-state index in [1.54, 1.807) is 5.56 Å². The van der Waals surface area contributed by atoms with Crippen molar-refractivity contribution in [2.75, 3.05) is 0 Å². The molecule has 0 heteroatoms. The number of fused-ring (bicyclic) bond motifs is 1. The Balaban J connectivity index is 2.07. The summed E-state index contributed by atoms with van der Waals surface area (Å²) < 4.78 is 0. The van der Waals surface area contributed by atoms with Crippen LogP contribution in [0.2, 0.25) is 0 Å². The van der Waals surface area contributed by atoms with Crippen LogP contribution in [0, 0.1) is 12.8 Å². The van der Waals surface area contributed by atoms with Crippen LogP contribution in [0.5, 0.6) is 0 Å². The van der Waals surface area contributed by atoms with Crippen molar-refractivity contribution in [3.63, 3.8) is 0 Å². The molecule has 1 saturated carbocycles. The van der Waals surface area contributed by atoms with Gasteiger partial charge in [0.1, 0.15) is 0 Å². The van der Waals surface area contributed by atoms with Crippen LogP contribution in [0.1, 0.15) is 30.4 Å². The first-order valence-electron chi connectivity index (χ1n) is 5.58. The lowest BCUT2D eigenvalue weighted by Crippen LogP contribution is -2.33. The summed E-state index contributed by atoms with van der Waals surface area (Å²) in [5.74, 6) is 0.837. The molecule has 1 aromatic carbocycles. The Morgan fingerprint density at radius 2 is 2.29 bits per heavy atom. The van der Waals surface area contributed by atoms with Crippen molar-refractivity contribution in [3.05, 3.63) is 47.5 Å². The van der Waals surface area contributed by atoms with E-state index in [0.717, 1.165) is 5.92 Å². The second-order valence-corrected chi connectivity index (χ2v) is 4.77. The smallest absolute Gasteiger partial charge is 0.0195 e. The second kappa shape index (κ2) is 2.73. The fourth-order valence-corrected chi connectivity index (χ4v) is 3.09. The third-order valence-electron chi connectivity index (χ3n) is 3.95. The van der Waals surface area contributed by atoms with E-state index in [0.29, 0.717) is 5.41 Å². The maximum absolute atomic E-state index is 2.43. The van der Waals surface area contributed by atoms with Gasteiger partial charge in [0.05, 0.1) is 0 Å². The predicted molar refractivity (Wildman–Crippen MR) is 59.3 cm³/mol. The molecule has 1 aromatic rings. The van der Waals surface area contributed by atoms with E-state index in [9.17, 15) is 0 Å². The number of hydrogen-bond donors (Lipinski definition) is 0. The predicted octanol–water partition coefficient (Wildman–Crippen LogP) is 3.60. The lowest BCUT2D eigenvalue weighted by molar-refractivity contribution is 0.410. The summed E-state index contributed by atoms with van der Waals surface area (Å²) in [5.41, 5.74) is 3.37. The van der Waals surface area contributed by atoms with Crippen molar-refractivity contribution in [2.24, 2.45) is 5.92 Å². The van der Waals surface area contributed by atoms with Crippen molar-refractivity contribution in [1.82, 2.24) is 0 Å². The molecule has 0 heterocycles. The fourth-order valence-electron chi connectivity index (χ4n) is 3.09. The lowest BCUT2D eigenvalue weighted by Gasteiger charge is -2.39. The van der Waals surface area contributed by atoms with Gasteiger partial charge in [0, 0.05) is 5.41 Å². The molecule has 0 N–H and O–H groups in total. The molecule has 2 aliphatic carbocycles. The van der Waals surface area contributed by atoms with Crippen LogP contribution in [0.3, 0.4) is 0 Å². The lowest BCUT2D eigenvalue weighted by atomic mass is 9.65. The highest BCUT2D eigenvalue weighted by Gasteiger charge is 2.45. The maximum atomic E-state index is 2.43. The molecule has 72 valence electrons. The van der Waals surface area contributed by atoms with Crippen molar-refractivity contribution < 1.29 is 0 Å². The van der Waals surface area contributed by atoms with Gasteiger partial charge in [-0.05, 0) is 31.2 Å². The molecule has 0 spiro atoms. The Kier molecular flexibility index (Phi) is 1.61. The van der Waals surface area contributed by atoms with Gasteiger partial charge in [-0.3, -0.25) is 0 Å². The van der Waals surface area contributed by atoms with Crippen molar-refractivity contribution in [3.8, 4) is 0 Å². The molecule has 1 fully saturated rings. The largest absolute Gasteiger partial charge is 0.0833 e. The van der Waals surface area contributed by atoms with Gasteiger partial charge < -0.3 is 0 Å². The van der Waals surface area contributed by atoms with Crippen LogP contribution in [0.4, 0.5) is 0 Å². The third kappa shape index (κ3) is 0.943. The van der Waals surface area contributed by atoms with Crippen LogP contribution in [0.25, 0.3) is 0 Å². The zero-order valence-electron chi connectivity index (χ0n) is 8.66. The molecule has 0 amide bonds. The minimum atomic E-state index is 0.437. The summed E-state index contributed by atoms with van der Waals surface area (Å²) in [6, 6.07) is 9.05. The van der Waals surface area contributed by atoms with E-state index in [1.807, 2.05) is 0 Å². The Hall–Kier alpha value is -1.04. The van der Waals surface area contributed by atoms with Crippen LogP contribution < -0.4 is 0 Å². The molecule has 0 radical (unpaired) electrons. The molecule has 0 saturated heterocycles. The maximum Gasteiger partial charge on any atom is 0.0195 e. The molecule has 3 rings (SSSR count). The van der Waals surface area contributed by atoms with E-state index in [2.05, 4.69) is 43.3 Å². The van der Waals surface area contributed by atoms with Gasteiger partial charge in [-0.1, -0.05) is 48.4 Å². The van der Waals surface area contributed by atoms with Crippen molar-refractivity contribution >= 4 is 0 Å². The van der Waals surface area contributed by atoms with Crippen LogP contribution in [-0.2, 0) is 5.41 Å². The van der Waals surface area contributed by atoms with E-state index in [4.69, 9.17) is 0 Å². The van der Waals surface area contributed by atoms with E-state index >= 15 is 0 Å². The molecule has 0 nitrogen and oxygen atoms in total. The molecule has 0 aromatic heterocycles. The normalized spacial score (nSPS) is 33.9. The first-order chi connectivity index (χ1) is 6.81. The van der Waals surface area contributed by atoms with Crippen molar-refractivity contribution in [2.45, 2.75) is 31.6 Å². The first-order valence-corrected chi connectivity index (χ1v) is 5.58. The van der Waals surface area contributed by atoms with E-state index < -0.39 is 0 Å².